The van der Waals surface area contributed by atoms with Crippen LogP contribution in [-0.2, 0) is 16.1 Å². The van der Waals surface area contributed by atoms with Gasteiger partial charge in [0.15, 0.2) is 0 Å². The first kappa shape index (κ1) is 20.0. The van der Waals surface area contributed by atoms with Crippen LogP contribution in [0.15, 0.2) is 35.4 Å². The van der Waals surface area contributed by atoms with Crippen molar-refractivity contribution in [1.82, 2.24) is 19.4 Å². The lowest BCUT2D eigenvalue weighted by Gasteiger charge is -2.41. The highest BCUT2D eigenvalue weighted by Crippen LogP contribution is 2.25. The molecule has 0 spiro atoms. The van der Waals surface area contributed by atoms with E-state index in [1.54, 1.807) is 12.1 Å². The van der Waals surface area contributed by atoms with Gasteiger partial charge in [-0.3, -0.25) is 19.1 Å². The molecule has 1 amide bonds. The molecular formula is C21H28N4O4. The number of hydrogen-bond acceptors (Lipinski definition) is 6. The van der Waals surface area contributed by atoms with Crippen molar-refractivity contribution in [3.05, 3.63) is 40.9 Å². The molecule has 8 nitrogen and oxygen atoms in total. The number of likely N-dealkylation sites (tertiary alicyclic amines) is 1. The van der Waals surface area contributed by atoms with Crippen molar-refractivity contribution in [3.63, 3.8) is 0 Å². The van der Waals surface area contributed by atoms with E-state index in [1.165, 1.54) is 10.9 Å². The molecule has 4 rings (SSSR count). The fraction of sp³-hybridized carbons (Fsp3) is 0.571. The second-order valence-corrected chi connectivity index (χ2v) is 8.07. The van der Waals surface area contributed by atoms with Crippen LogP contribution in [0.2, 0.25) is 0 Å². The Morgan fingerprint density at radius 3 is 2.62 bits per heavy atom. The lowest BCUT2D eigenvalue weighted by atomic mass is 9.91. The molecule has 0 bridgehead atoms. The molecule has 0 aliphatic carbocycles. The SMILES string of the molecule is CC(C(=O)N1CCC(O)(Cn2cnc3ccccc3c2=O)CC1)N1CCOCC1. The van der Waals surface area contributed by atoms with Crippen LogP contribution in [0.5, 0.6) is 0 Å². The van der Waals surface area contributed by atoms with Gasteiger partial charge in [0, 0.05) is 26.2 Å². The van der Waals surface area contributed by atoms with Gasteiger partial charge in [-0.15, -0.1) is 0 Å². The van der Waals surface area contributed by atoms with Gasteiger partial charge in [-0.05, 0) is 31.9 Å². The standard InChI is InChI=1S/C21H28N4O4/c1-16(23-10-12-29-13-11-23)19(26)24-8-6-21(28,7-9-24)14-25-15-22-18-5-3-2-4-17(18)20(25)27/h2-5,15-16,28H,6-14H2,1H3. The van der Waals surface area contributed by atoms with Crippen LogP contribution in [-0.4, -0.2) is 81.4 Å². The third-order valence-corrected chi connectivity index (χ3v) is 6.15. The summed E-state index contributed by atoms with van der Waals surface area (Å²) in [7, 11) is 0. The molecular weight excluding hydrogens is 372 g/mol. The molecule has 2 saturated heterocycles. The Labute approximate surface area is 169 Å². The number of nitrogens with zero attached hydrogens (tertiary/aromatic N) is 4. The van der Waals surface area contributed by atoms with Crippen LogP contribution in [0.25, 0.3) is 10.9 Å². The minimum Gasteiger partial charge on any atom is -0.388 e. The maximum atomic E-state index is 12.9. The maximum Gasteiger partial charge on any atom is 0.261 e. The summed E-state index contributed by atoms with van der Waals surface area (Å²) < 4.78 is 6.85. The van der Waals surface area contributed by atoms with Crippen molar-refractivity contribution in [2.75, 3.05) is 39.4 Å². The molecule has 1 aromatic carbocycles. The van der Waals surface area contributed by atoms with E-state index in [1.807, 2.05) is 24.0 Å². The van der Waals surface area contributed by atoms with Gasteiger partial charge in [-0.2, -0.15) is 0 Å². The fourth-order valence-electron chi connectivity index (χ4n) is 4.22. The summed E-state index contributed by atoms with van der Waals surface area (Å²) in [6, 6.07) is 7.02. The van der Waals surface area contributed by atoms with Crippen LogP contribution in [0, 0.1) is 0 Å². The van der Waals surface area contributed by atoms with E-state index in [9.17, 15) is 14.7 Å². The largest absolute Gasteiger partial charge is 0.388 e. The van der Waals surface area contributed by atoms with Gasteiger partial charge in [0.25, 0.3) is 5.56 Å². The minimum atomic E-state index is -1.02. The predicted molar refractivity (Wildman–Crippen MR) is 109 cm³/mol. The first-order chi connectivity index (χ1) is 14.0. The molecule has 156 valence electrons. The number of amides is 1. The summed E-state index contributed by atoms with van der Waals surface area (Å²) in [5, 5.41) is 11.6. The van der Waals surface area contributed by atoms with Gasteiger partial charge in [0.1, 0.15) is 0 Å². The Morgan fingerprint density at radius 2 is 1.90 bits per heavy atom. The topological polar surface area (TPSA) is 87.9 Å². The van der Waals surface area contributed by atoms with Crippen molar-refractivity contribution in [2.45, 2.75) is 38.0 Å². The normalized spacial score (nSPS) is 21.2. The number of piperidine rings is 1. The molecule has 2 aliphatic heterocycles. The van der Waals surface area contributed by atoms with E-state index < -0.39 is 5.60 Å². The fourth-order valence-corrected chi connectivity index (χ4v) is 4.22. The molecule has 1 atom stereocenters. The highest BCUT2D eigenvalue weighted by molar-refractivity contribution is 5.81. The van der Waals surface area contributed by atoms with Crippen LogP contribution >= 0.6 is 0 Å². The number of fused-ring (bicyclic) bond motifs is 1. The van der Waals surface area contributed by atoms with Crippen LogP contribution in [0.3, 0.4) is 0 Å². The number of hydrogen-bond donors (Lipinski definition) is 1. The number of morpholine rings is 1. The van der Waals surface area contributed by atoms with Gasteiger partial charge in [0.05, 0.1) is 48.6 Å². The summed E-state index contributed by atoms with van der Waals surface area (Å²) in [5.41, 5.74) is -0.519. The van der Waals surface area contributed by atoms with Crippen LogP contribution in [0.1, 0.15) is 19.8 Å². The number of carbonyl (C=O) groups is 1. The summed E-state index contributed by atoms with van der Waals surface area (Å²) in [6.07, 6.45) is 2.38. The number of para-hydroxylation sites is 1. The summed E-state index contributed by atoms with van der Waals surface area (Å²) in [4.78, 5) is 33.9. The summed E-state index contributed by atoms with van der Waals surface area (Å²) in [6.45, 7) is 5.95. The molecule has 1 N–H and O–H groups in total. The maximum absolute atomic E-state index is 12.9. The summed E-state index contributed by atoms with van der Waals surface area (Å²) >= 11 is 0. The van der Waals surface area contributed by atoms with E-state index in [-0.39, 0.29) is 24.1 Å². The van der Waals surface area contributed by atoms with Gasteiger partial charge in [0.2, 0.25) is 5.91 Å². The Hall–Kier alpha value is -2.29. The van der Waals surface area contributed by atoms with E-state index >= 15 is 0 Å². The van der Waals surface area contributed by atoms with Crippen molar-refractivity contribution >= 4 is 16.8 Å². The number of benzene rings is 1. The number of rotatable bonds is 4. The molecule has 3 heterocycles. The molecule has 2 fully saturated rings. The minimum absolute atomic E-state index is 0.0958. The third kappa shape index (κ3) is 4.19. The molecule has 1 aromatic heterocycles. The van der Waals surface area contributed by atoms with E-state index in [0.29, 0.717) is 50.0 Å². The first-order valence-corrected chi connectivity index (χ1v) is 10.2. The van der Waals surface area contributed by atoms with E-state index in [2.05, 4.69) is 9.88 Å². The average Bonchev–Trinajstić information content (AvgIpc) is 2.76. The van der Waals surface area contributed by atoms with Gasteiger partial charge in [-0.1, -0.05) is 12.1 Å². The lowest BCUT2D eigenvalue weighted by molar-refractivity contribution is -0.142. The molecule has 8 heteroatoms. The number of carbonyl (C=O) groups excluding carboxylic acids is 1. The number of ether oxygens (including phenoxy) is 1. The van der Waals surface area contributed by atoms with Crippen LogP contribution in [0.4, 0.5) is 0 Å². The lowest BCUT2D eigenvalue weighted by Crippen LogP contribution is -2.55. The zero-order valence-electron chi connectivity index (χ0n) is 16.8. The van der Waals surface area contributed by atoms with Gasteiger partial charge < -0.3 is 14.7 Å². The van der Waals surface area contributed by atoms with Crippen molar-refractivity contribution in [2.24, 2.45) is 0 Å². The van der Waals surface area contributed by atoms with E-state index in [4.69, 9.17) is 4.74 Å². The van der Waals surface area contributed by atoms with E-state index in [0.717, 1.165) is 13.1 Å². The highest BCUT2D eigenvalue weighted by atomic mass is 16.5. The molecule has 0 radical (unpaired) electrons. The van der Waals surface area contributed by atoms with Crippen molar-refractivity contribution in [3.8, 4) is 0 Å². The second kappa shape index (κ2) is 8.22. The second-order valence-electron chi connectivity index (χ2n) is 8.07. The Kier molecular flexibility index (Phi) is 5.67. The molecule has 29 heavy (non-hydrogen) atoms. The monoisotopic (exact) mass is 400 g/mol. The summed E-state index contributed by atoms with van der Waals surface area (Å²) in [5.74, 6) is 0.0958. The molecule has 0 saturated carbocycles. The van der Waals surface area contributed by atoms with Gasteiger partial charge >= 0.3 is 0 Å². The van der Waals surface area contributed by atoms with Crippen molar-refractivity contribution in [1.29, 1.82) is 0 Å². The quantitative estimate of drug-likeness (QED) is 0.803. The van der Waals surface area contributed by atoms with Gasteiger partial charge in [-0.25, -0.2) is 4.98 Å². The number of aromatic nitrogens is 2. The third-order valence-electron chi connectivity index (χ3n) is 6.15. The first-order valence-electron chi connectivity index (χ1n) is 10.2. The molecule has 1 unspecified atom stereocenters. The Bertz CT molecular complexity index is 930. The smallest absolute Gasteiger partial charge is 0.261 e. The molecule has 2 aromatic rings. The highest BCUT2D eigenvalue weighted by Gasteiger charge is 2.36. The molecule has 2 aliphatic rings. The average molecular weight is 400 g/mol. The zero-order valence-corrected chi connectivity index (χ0v) is 16.8. The predicted octanol–water partition coefficient (Wildman–Crippen LogP) is 0.471. The Balaban J connectivity index is 1.40. The zero-order chi connectivity index (χ0) is 20.4. The number of aliphatic hydroxyl groups is 1. The Morgan fingerprint density at radius 1 is 1.21 bits per heavy atom. The van der Waals surface area contributed by atoms with Crippen LogP contribution < -0.4 is 5.56 Å². The van der Waals surface area contributed by atoms with Crippen molar-refractivity contribution < 1.29 is 14.6 Å².